The number of furan rings is 1. The first-order chi connectivity index (χ1) is 26.2. The molecule has 0 aliphatic heterocycles. The van der Waals surface area contributed by atoms with E-state index in [1.165, 1.54) is 21.9 Å². The molecular formula is C49H31N3O. The Labute approximate surface area is 306 Å². The number of hydrogen-bond donors (Lipinski definition) is 0. The van der Waals surface area contributed by atoms with Crippen LogP contribution >= 0.6 is 0 Å². The molecule has 0 bridgehead atoms. The van der Waals surface area contributed by atoms with Crippen molar-refractivity contribution in [1.82, 2.24) is 15.0 Å². The Morgan fingerprint density at radius 3 is 1.36 bits per heavy atom. The highest BCUT2D eigenvalue weighted by Gasteiger charge is 2.15. The zero-order valence-electron chi connectivity index (χ0n) is 28.6. The van der Waals surface area contributed by atoms with E-state index in [1.54, 1.807) is 0 Å². The Balaban J connectivity index is 1.02. The van der Waals surface area contributed by atoms with Crippen molar-refractivity contribution in [3.63, 3.8) is 0 Å². The molecule has 53 heavy (non-hydrogen) atoms. The van der Waals surface area contributed by atoms with Crippen LogP contribution in [0.25, 0.3) is 100 Å². The fourth-order valence-corrected chi connectivity index (χ4v) is 7.14. The highest BCUT2D eigenvalue weighted by atomic mass is 16.3. The van der Waals surface area contributed by atoms with E-state index in [0.29, 0.717) is 17.5 Å². The molecule has 248 valence electrons. The largest absolute Gasteiger partial charge is 0.456 e. The minimum atomic E-state index is 0.618. The molecule has 0 saturated heterocycles. The minimum absolute atomic E-state index is 0.618. The van der Waals surface area contributed by atoms with Gasteiger partial charge < -0.3 is 4.42 Å². The Morgan fingerprint density at radius 2 is 0.679 bits per heavy atom. The number of nitrogens with zero attached hydrogens (tertiary/aromatic N) is 3. The van der Waals surface area contributed by atoms with Crippen LogP contribution in [0, 0.1) is 0 Å². The van der Waals surface area contributed by atoms with Crippen molar-refractivity contribution in [2.75, 3.05) is 0 Å². The Kier molecular flexibility index (Phi) is 7.43. The van der Waals surface area contributed by atoms with Crippen molar-refractivity contribution < 1.29 is 4.42 Å². The van der Waals surface area contributed by atoms with Gasteiger partial charge in [0.1, 0.15) is 11.2 Å². The summed E-state index contributed by atoms with van der Waals surface area (Å²) >= 11 is 0. The summed E-state index contributed by atoms with van der Waals surface area (Å²) in [4.78, 5) is 15.0. The molecular weight excluding hydrogens is 647 g/mol. The second-order valence-corrected chi connectivity index (χ2v) is 13.3. The second kappa shape index (κ2) is 12.9. The van der Waals surface area contributed by atoms with Crippen LogP contribution in [0.15, 0.2) is 192 Å². The maximum absolute atomic E-state index is 6.44. The molecule has 0 aliphatic carbocycles. The van der Waals surface area contributed by atoms with Gasteiger partial charge in [-0.15, -0.1) is 0 Å². The second-order valence-electron chi connectivity index (χ2n) is 13.3. The fraction of sp³-hybridized carbons (Fsp3) is 0. The van der Waals surface area contributed by atoms with Crippen LogP contribution < -0.4 is 0 Å². The Bertz CT molecular complexity index is 2930. The highest BCUT2D eigenvalue weighted by Crippen LogP contribution is 2.36. The number of aromatic nitrogens is 3. The predicted octanol–water partition coefficient (Wildman–Crippen LogP) is 12.9. The first kappa shape index (κ1) is 30.6. The van der Waals surface area contributed by atoms with E-state index in [2.05, 4.69) is 152 Å². The Hall–Kier alpha value is -7.17. The Morgan fingerprint density at radius 1 is 0.264 bits per heavy atom. The number of hydrogen-bond acceptors (Lipinski definition) is 4. The molecule has 0 atom stereocenters. The van der Waals surface area contributed by atoms with Crippen molar-refractivity contribution in [2.24, 2.45) is 0 Å². The summed E-state index contributed by atoms with van der Waals surface area (Å²) < 4.78 is 6.44. The third-order valence-corrected chi connectivity index (χ3v) is 9.93. The maximum Gasteiger partial charge on any atom is 0.164 e. The molecule has 0 spiro atoms. The van der Waals surface area contributed by atoms with E-state index in [9.17, 15) is 0 Å². The molecule has 0 aliphatic rings. The van der Waals surface area contributed by atoms with E-state index < -0.39 is 0 Å². The molecule has 2 aromatic heterocycles. The number of benzene rings is 8. The zero-order valence-corrected chi connectivity index (χ0v) is 28.6. The molecule has 4 nitrogen and oxygen atoms in total. The van der Waals surface area contributed by atoms with Crippen molar-refractivity contribution >= 4 is 32.7 Å². The third-order valence-electron chi connectivity index (χ3n) is 9.93. The van der Waals surface area contributed by atoms with Crippen LogP contribution in [0.1, 0.15) is 0 Å². The summed E-state index contributed by atoms with van der Waals surface area (Å²) in [6.07, 6.45) is 0. The monoisotopic (exact) mass is 677 g/mol. The zero-order chi connectivity index (χ0) is 35.1. The van der Waals surface area contributed by atoms with Gasteiger partial charge in [-0.25, -0.2) is 15.0 Å². The summed E-state index contributed by atoms with van der Waals surface area (Å²) in [5, 5.41) is 4.66. The summed E-state index contributed by atoms with van der Waals surface area (Å²) in [6, 6.07) is 65.3. The van der Waals surface area contributed by atoms with Crippen molar-refractivity contribution in [2.45, 2.75) is 0 Å². The van der Waals surface area contributed by atoms with Gasteiger partial charge in [-0.1, -0.05) is 152 Å². The van der Waals surface area contributed by atoms with Gasteiger partial charge in [-0.3, -0.25) is 0 Å². The van der Waals surface area contributed by atoms with E-state index in [-0.39, 0.29) is 0 Å². The SMILES string of the molecule is c1ccc(-c2ccc3c(c2)oc2cc(-c4cccc(-c5nc(-c6ccccc6)nc(-c6ccc(-c7ccc8ccccc8c7)cc6)n5)c4)ccc23)cc1. The van der Waals surface area contributed by atoms with Crippen LogP contribution in [-0.2, 0) is 0 Å². The van der Waals surface area contributed by atoms with Crippen LogP contribution in [0.2, 0.25) is 0 Å². The van der Waals surface area contributed by atoms with Gasteiger partial charge in [-0.05, 0) is 80.6 Å². The molecule has 2 heterocycles. The molecule has 0 amide bonds. The summed E-state index contributed by atoms with van der Waals surface area (Å²) in [6.45, 7) is 0. The average molecular weight is 678 g/mol. The van der Waals surface area contributed by atoms with Gasteiger partial charge in [0.2, 0.25) is 0 Å². The maximum atomic E-state index is 6.44. The lowest BCUT2D eigenvalue weighted by atomic mass is 10.00. The van der Waals surface area contributed by atoms with Crippen molar-refractivity contribution in [3.05, 3.63) is 188 Å². The molecule has 0 N–H and O–H groups in total. The van der Waals surface area contributed by atoms with Crippen LogP contribution in [-0.4, -0.2) is 15.0 Å². The van der Waals surface area contributed by atoms with Gasteiger partial charge in [0, 0.05) is 27.5 Å². The molecule has 4 heteroatoms. The lowest BCUT2D eigenvalue weighted by Gasteiger charge is -2.10. The minimum Gasteiger partial charge on any atom is -0.456 e. The smallest absolute Gasteiger partial charge is 0.164 e. The molecule has 0 radical (unpaired) electrons. The fourth-order valence-electron chi connectivity index (χ4n) is 7.14. The van der Waals surface area contributed by atoms with E-state index in [1.807, 2.05) is 36.4 Å². The normalized spacial score (nSPS) is 11.4. The number of fused-ring (bicyclic) bond motifs is 4. The molecule has 0 fully saturated rings. The van der Waals surface area contributed by atoms with E-state index in [4.69, 9.17) is 19.4 Å². The molecule has 0 unspecified atom stereocenters. The molecule has 8 aromatic carbocycles. The van der Waals surface area contributed by atoms with Crippen LogP contribution in [0.4, 0.5) is 0 Å². The molecule has 10 aromatic rings. The summed E-state index contributed by atoms with van der Waals surface area (Å²) in [7, 11) is 0. The van der Waals surface area contributed by atoms with E-state index >= 15 is 0 Å². The van der Waals surface area contributed by atoms with Crippen LogP contribution in [0.5, 0.6) is 0 Å². The lowest BCUT2D eigenvalue weighted by molar-refractivity contribution is 0.669. The standard InChI is InChI=1S/C49H31N3O/c1-3-10-32(11-4-1)40-24-26-43-44-27-25-41(31-46(44)53-45(43)30-40)38-16-9-17-42(29-38)49-51-47(35-13-5-2-6-14-35)50-48(52-49)36-21-18-34(19-22-36)39-23-20-33-12-7-8-15-37(33)28-39/h1-31H. The van der Waals surface area contributed by atoms with Crippen molar-refractivity contribution in [1.29, 1.82) is 0 Å². The quantitative estimate of drug-likeness (QED) is 0.176. The molecule has 0 saturated carbocycles. The first-order valence-corrected chi connectivity index (χ1v) is 17.8. The van der Waals surface area contributed by atoms with Gasteiger partial charge in [0.25, 0.3) is 0 Å². The predicted molar refractivity (Wildman–Crippen MR) is 217 cm³/mol. The van der Waals surface area contributed by atoms with Crippen LogP contribution in [0.3, 0.4) is 0 Å². The summed E-state index contributed by atoms with van der Waals surface area (Å²) in [5.41, 5.74) is 11.2. The molecule has 10 rings (SSSR count). The third kappa shape index (κ3) is 5.82. The van der Waals surface area contributed by atoms with Gasteiger partial charge in [0.05, 0.1) is 0 Å². The van der Waals surface area contributed by atoms with Crippen molar-refractivity contribution in [3.8, 4) is 67.5 Å². The van der Waals surface area contributed by atoms with Gasteiger partial charge in [0.15, 0.2) is 17.5 Å². The average Bonchev–Trinajstić information content (AvgIpc) is 3.61. The lowest BCUT2D eigenvalue weighted by Crippen LogP contribution is -2.00. The van der Waals surface area contributed by atoms with E-state index in [0.717, 1.165) is 60.9 Å². The number of rotatable bonds is 6. The van der Waals surface area contributed by atoms with Gasteiger partial charge in [-0.2, -0.15) is 0 Å². The first-order valence-electron chi connectivity index (χ1n) is 17.8. The van der Waals surface area contributed by atoms with Gasteiger partial charge >= 0.3 is 0 Å². The highest BCUT2D eigenvalue weighted by molar-refractivity contribution is 6.07. The topological polar surface area (TPSA) is 51.8 Å². The summed E-state index contributed by atoms with van der Waals surface area (Å²) in [5.74, 6) is 1.88.